The summed E-state index contributed by atoms with van der Waals surface area (Å²) in [5, 5.41) is 2.92. The van der Waals surface area contributed by atoms with Crippen molar-refractivity contribution in [2.45, 2.75) is 25.8 Å². The minimum atomic E-state index is -0.0597. The van der Waals surface area contributed by atoms with E-state index >= 15 is 0 Å². The van der Waals surface area contributed by atoms with Gasteiger partial charge in [-0.25, -0.2) is 4.98 Å². The van der Waals surface area contributed by atoms with Crippen molar-refractivity contribution in [3.63, 3.8) is 0 Å². The van der Waals surface area contributed by atoms with Crippen molar-refractivity contribution in [2.75, 3.05) is 19.8 Å². The summed E-state index contributed by atoms with van der Waals surface area (Å²) < 4.78 is 11.8. The SMILES string of the molecule is C[C@H]1c2cc3c(cc2CCN1C(=O)c1cc(-c2cccs2)nc2ccccc12)OCCCO3. The Kier molecular flexibility index (Phi) is 5.03. The van der Waals surface area contributed by atoms with E-state index in [1.807, 2.05) is 52.7 Å². The van der Waals surface area contributed by atoms with Crippen LogP contribution in [0.25, 0.3) is 21.5 Å². The maximum Gasteiger partial charge on any atom is 0.255 e. The van der Waals surface area contributed by atoms with E-state index in [0.717, 1.165) is 51.4 Å². The molecule has 5 nitrogen and oxygen atoms in total. The molecule has 33 heavy (non-hydrogen) atoms. The van der Waals surface area contributed by atoms with Gasteiger partial charge in [-0.3, -0.25) is 4.79 Å². The number of fused-ring (bicyclic) bond motifs is 3. The quantitative estimate of drug-likeness (QED) is 0.378. The van der Waals surface area contributed by atoms with Gasteiger partial charge in [0.05, 0.1) is 40.9 Å². The summed E-state index contributed by atoms with van der Waals surface area (Å²) in [6.45, 7) is 4.09. The van der Waals surface area contributed by atoms with E-state index < -0.39 is 0 Å². The van der Waals surface area contributed by atoms with E-state index in [4.69, 9.17) is 14.5 Å². The number of hydrogen-bond donors (Lipinski definition) is 0. The van der Waals surface area contributed by atoms with Gasteiger partial charge in [-0.05, 0) is 60.2 Å². The lowest BCUT2D eigenvalue weighted by atomic mass is 9.92. The lowest BCUT2D eigenvalue weighted by molar-refractivity contribution is 0.0679. The van der Waals surface area contributed by atoms with Crippen LogP contribution in [0.4, 0.5) is 0 Å². The number of amides is 1. The zero-order valence-corrected chi connectivity index (χ0v) is 19.2. The summed E-state index contributed by atoms with van der Waals surface area (Å²) in [4.78, 5) is 21.8. The average Bonchev–Trinajstić information content (AvgIpc) is 3.29. The Morgan fingerprint density at radius 2 is 1.88 bits per heavy atom. The first kappa shape index (κ1) is 20.2. The molecule has 2 aliphatic heterocycles. The molecule has 2 aliphatic rings. The zero-order chi connectivity index (χ0) is 22.4. The van der Waals surface area contributed by atoms with Crippen LogP contribution in [0, 0.1) is 0 Å². The lowest BCUT2D eigenvalue weighted by Crippen LogP contribution is -2.39. The number of benzene rings is 2. The highest BCUT2D eigenvalue weighted by atomic mass is 32.1. The van der Waals surface area contributed by atoms with Gasteiger partial charge in [-0.1, -0.05) is 24.3 Å². The molecule has 6 heteroatoms. The van der Waals surface area contributed by atoms with Crippen LogP contribution in [0.2, 0.25) is 0 Å². The number of ether oxygens (including phenoxy) is 2. The number of hydrogen-bond acceptors (Lipinski definition) is 5. The Balaban J connectivity index is 1.40. The fourth-order valence-corrected chi connectivity index (χ4v) is 5.50. The summed E-state index contributed by atoms with van der Waals surface area (Å²) in [6.07, 6.45) is 1.67. The second-order valence-corrected chi connectivity index (χ2v) is 9.47. The first-order valence-corrected chi connectivity index (χ1v) is 12.2. The predicted molar refractivity (Wildman–Crippen MR) is 130 cm³/mol. The van der Waals surface area contributed by atoms with E-state index in [9.17, 15) is 4.79 Å². The molecule has 2 aromatic carbocycles. The fraction of sp³-hybridized carbons (Fsp3) is 0.259. The molecular formula is C27H24N2O3S. The van der Waals surface area contributed by atoms with Crippen molar-refractivity contribution in [2.24, 2.45) is 0 Å². The second kappa shape index (κ2) is 8.19. The van der Waals surface area contributed by atoms with Crippen molar-refractivity contribution in [3.05, 3.63) is 76.7 Å². The van der Waals surface area contributed by atoms with Crippen molar-refractivity contribution < 1.29 is 14.3 Å². The van der Waals surface area contributed by atoms with Gasteiger partial charge in [0.25, 0.3) is 5.91 Å². The summed E-state index contributed by atoms with van der Waals surface area (Å²) in [5.74, 6) is 1.64. The number of pyridine rings is 1. The zero-order valence-electron chi connectivity index (χ0n) is 18.4. The Morgan fingerprint density at radius 1 is 1.06 bits per heavy atom. The molecule has 0 unspecified atom stereocenters. The molecule has 0 radical (unpaired) electrons. The molecule has 2 aromatic heterocycles. The van der Waals surface area contributed by atoms with Gasteiger partial charge in [-0.2, -0.15) is 0 Å². The van der Waals surface area contributed by atoms with Crippen LogP contribution < -0.4 is 9.47 Å². The molecule has 0 spiro atoms. The van der Waals surface area contributed by atoms with Crippen molar-refractivity contribution >= 4 is 28.1 Å². The number of aromatic nitrogens is 1. The van der Waals surface area contributed by atoms with Crippen LogP contribution in [0.5, 0.6) is 11.5 Å². The largest absolute Gasteiger partial charge is 0.490 e. The van der Waals surface area contributed by atoms with Crippen LogP contribution in [0.1, 0.15) is 40.9 Å². The van der Waals surface area contributed by atoms with Crippen molar-refractivity contribution in [3.8, 4) is 22.1 Å². The topological polar surface area (TPSA) is 51.7 Å². The smallest absolute Gasteiger partial charge is 0.255 e. The van der Waals surface area contributed by atoms with Gasteiger partial charge >= 0.3 is 0 Å². The number of carbonyl (C=O) groups excluding carboxylic acids is 1. The second-order valence-electron chi connectivity index (χ2n) is 8.52. The van der Waals surface area contributed by atoms with Crippen LogP contribution in [-0.2, 0) is 6.42 Å². The molecule has 0 saturated carbocycles. The molecule has 0 fully saturated rings. The van der Waals surface area contributed by atoms with Gasteiger partial charge in [0, 0.05) is 18.4 Å². The minimum absolute atomic E-state index is 0.0386. The number of thiophene rings is 1. The number of carbonyl (C=O) groups is 1. The van der Waals surface area contributed by atoms with E-state index in [1.165, 1.54) is 5.56 Å². The van der Waals surface area contributed by atoms with Crippen LogP contribution in [-0.4, -0.2) is 35.5 Å². The van der Waals surface area contributed by atoms with Crippen molar-refractivity contribution in [1.82, 2.24) is 9.88 Å². The van der Waals surface area contributed by atoms with Gasteiger partial charge in [-0.15, -0.1) is 11.3 Å². The first-order chi connectivity index (χ1) is 16.2. The number of rotatable bonds is 2. The molecule has 4 heterocycles. The van der Waals surface area contributed by atoms with Crippen LogP contribution >= 0.6 is 11.3 Å². The summed E-state index contributed by atoms with van der Waals surface area (Å²) in [6, 6.07) is 18.0. The normalized spacial score (nSPS) is 17.5. The molecule has 0 bridgehead atoms. The number of nitrogens with zero attached hydrogens (tertiary/aromatic N) is 2. The third kappa shape index (κ3) is 3.55. The molecule has 0 N–H and O–H groups in total. The highest BCUT2D eigenvalue weighted by molar-refractivity contribution is 7.13. The summed E-state index contributed by atoms with van der Waals surface area (Å²) >= 11 is 1.63. The Bertz CT molecular complexity index is 1350. The summed E-state index contributed by atoms with van der Waals surface area (Å²) in [7, 11) is 0. The molecule has 166 valence electrons. The monoisotopic (exact) mass is 456 g/mol. The molecule has 6 rings (SSSR count). The Hall–Kier alpha value is -3.38. The van der Waals surface area contributed by atoms with E-state index in [0.29, 0.717) is 25.3 Å². The minimum Gasteiger partial charge on any atom is -0.490 e. The third-order valence-electron chi connectivity index (χ3n) is 6.53. The Labute approximate surface area is 196 Å². The van der Waals surface area contributed by atoms with Crippen LogP contribution in [0.15, 0.2) is 60.0 Å². The van der Waals surface area contributed by atoms with Crippen LogP contribution in [0.3, 0.4) is 0 Å². The summed E-state index contributed by atoms with van der Waals surface area (Å²) in [5.41, 5.74) is 4.75. The van der Waals surface area contributed by atoms with E-state index in [2.05, 4.69) is 19.1 Å². The molecular weight excluding hydrogens is 432 g/mol. The highest BCUT2D eigenvalue weighted by Crippen LogP contribution is 2.40. The molecule has 4 aromatic rings. The first-order valence-electron chi connectivity index (χ1n) is 11.4. The molecule has 1 amide bonds. The molecule has 0 aliphatic carbocycles. The van der Waals surface area contributed by atoms with Gasteiger partial charge in [0.15, 0.2) is 11.5 Å². The van der Waals surface area contributed by atoms with Gasteiger partial charge in [0.2, 0.25) is 0 Å². The third-order valence-corrected chi connectivity index (χ3v) is 7.42. The standard InChI is InChI=1S/C27H24N2O3S/c1-17-20-16-25-24(31-11-5-12-32-25)14-18(20)9-10-29(17)27(30)21-15-23(26-8-4-13-33-26)28-22-7-3-2-6-19(21)22/h2-4,6-8,13-17H,5,9-12H2,1H3/t17-/m0/s1. The maximum atomic E-state index is 13.9. The average molecular weight is 457 g/mol. The van der Waals surface area contributed by atoms with Crippen molar-refractivity contribution in [1.29, 1.82) is 0 Å². The molecule has 0 saturated heterocycles. The number of para-hydroxylation sites is 1. The van der Waals surface area contributed by atoms with Gasteiger partial charge < -0.3 is 14.4 Å². The fourth-order valence-electron chi connectivity index (χ4n) is 4.81. The van der Waals surface area contributed by atoms with E-state index in [1.54, 1.807) is 11.3 Å². The van der Waals surface area contributed by atoms with Gasteiger partial charge in [0.1, 0.15) is 0 Å². The maximum absolute atomic E-state index is 13.9. The predicted octanol–water partition coefficient (Wildman–Crippen LogP) is 5.88. The lowest BCUT2D eigenvalue weighted by Gasteiger charge is -2.36. The molecule has 1 atom stereocenters. The van der Waals surface area contributed by atoms with E-state index in [-0.39, 0.29) is 11.9 Å². The highest BCUT2D eigenvalue weighted by Gasteiger charge is 2.31. The Morgan fingerprint density at radius 3 is 2.70 bits per heavy atom.